The molecule has 1 N–H and O–H groups in total. The van der Waals surface area contributed by atoms with Gasteiger partial charge in [0.1, 0.15) is 12.4 Å². The van der Waals surface area contributed by atoms with E-state index in [0.717, 1.165) is 18.9 Å². The van der Waals surface area contributed by atoms with E-state index in [1.54, 1.807) is 11.3 Å². The van der Waals surface area contributed by atoms with Gasteiger partial charge in [0.2, 0.25) is 0 Å². The fraction of sp³-hybridized carbons (Fsp3) is 0.231. The third-order valence-corrected chi connectivity index (χ3v) is 4.83. The van der Waals surface area contributed by atoms with E-state index in [0.29, 0.717) is 6.04 Å². The number of ether oxygens (including phenoxy) is 1. The van der Waals surface area contributed by atoms with Crippen LogP contribution in [0.15, 0.2) is 40.2 Å². The van der Waals surface area contributed by atoms with Gasteiger partial charge in [-0.2, -0.15) is 0 Å². The van der Waals surface area contributed by atoms with Crippen LogP contribution in [0.2, 0.25) is 0 Å². The Kier molecular flexibility index (Phi) is 3.18. The molecule has 1 aliphatic heterocycles. The minimum absolute atomic E-state index is 0.306. The number of nitrogens with one attached hydrogen (secondary N) is 1. The maximum absolute atomic E-state index is 5.64. The predicted octanol–water partition coefficient (Wildman–Crippen LogP) is 3.73. The highest BCUT2D eigenvalue weighted by Crippen LogP contribution is 2.32. The molecule has 2 heterocycles. The van der Waals surface area contributed by atoms with E-state index in [2.05, 4.69) is 44.8 Å². The number of hydrogen-bond acceptors (Lipinski definition) is 3. The van der Waals surface area contributed by atoms with Crippen LogP contribution in [0, 0.1) is 0 Å². The van der Waals surface area contributed by atoms with Crippen LogP contribution in [-0.2, 0) is 6.54 Å². The molecule has 0 bridgehead atoms. The van der Waals surface area contributed by atoms with E-state index in [1.165, 1.54) is 14.9 Å². The van der Waals surface area contributed by atoms with Crippen molar-refractivity contribution in [1.82, 2.24) is 5.32 Å². The molecule has 88 valence electrons. The Morgan fingerprint density at radius 2 is 2.24 bits per heavy atom. The van der Waals surface area contributed by atoms with E-state index in [9.17, 15) is 0 Å². The van der Waals surface area contributed by atoms with Gasteiger partial charge in [-0.15, -0.1) is 11.3 Å². The summed E-state index contributed by atoms with van der Waals surface area (Å²) in [6.45, 7) is 1.60. The monoisotopic (exact) mass is 309 g/mol. The van der Waals surface area contributed by atoms with Crippen molar-refractivity contribution in [2.24, 2.45) is 0 Å². The number of benzene rings is 1. The summed E-state index contributed by atoms with van der Waals surface area (Å²) in [6.07, 6.45) is 0. The lowest BCUT2D eigenvalue weighted by Gasteiger charge is -2.10. The molecule has 17 heavy (non-hydrogen) atoms. The first kappa shape index (κ1) is 11.3. The molecule has 0 amide bonds. The van der Waals surface area contributed by atoms with Crippen molar-refractivity contribution in [3.63, 3.8) is 0 Å². The molecule has 1 atom stereocenters. The van der Waals surface area contributed by atoms with Crippen LogP contribution in [0.25, 0.3) is 0 Å². The molecule has 1 unspecified atom stereocenters. The Labute approximate surface area is 113 Å². The summed E-state index contributed by atoms with van der Waals surface area (Å²) in [5, 5.41) is 5.63. The summed E-state index contributed by atoms with van der Waals surface area (Å²) in [4.78, 5) is 1.33. The third kappa shape index (κ3) is 2.25. The van der Waals surface area contributed by atoms with E-state index in [4.69, 9.17) is 4.74 Å². The van der Waals surface area contributed by atoms with Gasteiger partial charge in [0.25, 0.3) is 0 Å². The van der Waals surface area contributed by atoms with Crippen molar-refractivity contribution in [1.29, 1.82) is 0 Å². The lowest BCUT2D eigenvalue weighted by molar-refractivity contribution is 0.311. The number of para-hydroxylation sites is 1. The number of hydrogen-bond donors (Lipinski definition) is 1. The maximum Gasteiger partial charge on any atom is 0.124 e. The van der Waals surface area contributed by atoms with Gasteiger partial charge in [-0.1, -0.05) is 18.2 Å². The fourth-order valence-electron chi connectivity index (χ4n) is 2.00. The summed E-state index contributed by atoms with van der Waals surface area (Å²) in [5.41, 5.74) is 1.26. The first-order valence-corrected chi connectivity index (χ1v) is 7.19. The van der Waals surface area contributed by atoms with Gasteiger partial charge in [-0.3, -0.25) is 0 Å². The van der Waals surface area contributed by atoms with Gasteiger partial charge >= 0.3 is 0 Å². The van der Waals surface area contributed by atoms with Gasteiger partial charge in [0.15, 0.2) is 0 Å². The van der Waals surface area contributed by atoms with E-state index in [1.807, 2.05) is 12.1 Å². The molecular weight excluding hydrogens is 298 g/mol. The largest absolute Gasteiger partial charge is 0.491 e. The summed E-state index contributed by atoms with van der Waals surface area (Å²) < 4.78 is 6.82. The van der Waals surface area contributed by atoms with Crippen LogP contribution in [0.4, 0.5) is 0 Å². The second-order valence-corrected chi connectivity index (χ2v) is 5.83. The van der Waals surface area contributed by atoms with Crippen LogP contribution in [0.1, 0.15) is 16.5 Å². The summed E-state index contributed by atoms with van der Waals surface area (Å²) in [7, 11) is 0. The topological polar surface area (TPSA) is 21.3 Å². The van der Waals surface area contributed by atoms with Gasteiger partial charge in [-0.05, 0) is 33.4 Å². The number of rotatable bonds is 3. The lowest BCUT2D eigenvalue weighted by Crippen LogP contribution is -2.21. The average Bonchev–Trinajstić information content (AvgIpc) is 2.93. The molecule has 2 nitrogen and oxygen atoms in total. The quantitative estimate of drug-likeness (QED) is 0.932. The SMILES string of the molecule is Brc1ccsc1CNC1COc2ccccc21. The first-order valence-electron chi connectivity index (χ1n) is 5.51. The number of thiophene rings is 1. The number of halogens is 1. The summed E-state index contributed by atoms with van der Waals surface area (Å²) in [5.74, 6) is 1.01. The zero-order valence-electron chi connectivity index (χ0n) is 9.15. The molecule has 1 aromatic heterocycles. The van der Waals surface area contributed by atoms with E-state index >= 15 is 0 Å². The Hall–Kier alpha value is -0.840. The highest BCUT2D eigenvalue weighted by atomic mass is 79.9. The normalized spacial score (nSPS) is 17.8. The first-order chi connectivity index (χ1) is 8.34. The summed E-state index contributed by atoms with van der Waals surface area (Å²) >= 11 is 5.31. The molecule has 0 spiro atoms. The molecule has 0 fully saturated rings. The summed E-state index contributed by atoms with van der Waals surface area (Å²) in [6, 6.07) is 10.6. The van der Waals surface area contributed by atoms with Gasteiger partial charge in [0.05, 0.1) is 6.04 Å². The highest BCUT2D eigenvalue weighted by molar-refractivity contribution is 9.10. The second kappa shape index (κ2) is 4.80. The molecule has 0 aliphatic carbocycles. The van der Waals surface area contributed by atoms with Crippen molar-refractivity contribution in [3.05, 3.63) is 50.6 Å². The van der Waals surface area contributed by atoms with Crippen LogP contribution < -0.4 is 10.1 Å². The minimum atomic E-state index is 0.306. The van der Waals surface area contributed by atoms with Gasteiger partial charge in [0, 0.05) is 21.5 Å². The maximum atomic E-state index is 5.64. The molecule has 0 saturated carbocycles. The molecule has 2 aromatic rings. The van der Waals surface area contributed by atoms with E-state index < -0.39 is 0 Å². The van der Waals surface area contributed by atoms with Crippen LogP contribution >= 0.6 is 27.3 Å². The van der Waals surface area contributed by atoms with Crippen LogP contribution in [0.5, 0.6) is 5.75 Å². The molecule has 3 rings (SSSR count). The van der Waals surface area contributed by atoms with Crippen molar-refractivity contribution < 1.29 is 4.74 Å². The Morgan fingerprint density at radius 1 is 1.35 bits per heavy atom. The highest BCUT2D eigenvalue weighted by Gasteiger charge is 2.22. The van der Waals surface area contributed by atoms with Crippen molar-refractivity contribution in [3.8, 4) is 5.75 Å². The molecule has 0 radical (unpaired) electrons. The molecule has 1 aromatic carbocycles. The Bertz CT molecular complexity index is 526. The van der Waals surface area contributed by atoms with Gasteiger partial charge < -0.3 is 10.1 Å². The zero-order chi connectivity index (χ0) is 11.7. The van der Waals surface area contributed by atoms with Crippen LogP contribution in [-0.4, -0.2) is 6.61 Å². The lowest BCUT2D eigenvalue weighted by atomic mass is 10.1. The van der Waals surface area contributed by atoms with Crippen molar-refractivity contribution in [2.75, 3.05) is 6.61 Å². The van der Waals surface area contributed by atoms with Crippen molar-refractivity contribution >= 4 is 27.3 Å². The van der Waals surface area contributed by atoms with Gasteiger partial charge in [-0.25, -0.2) is 0 Å². The Morgan fingerprint density at radius 3 is 3.06 bits per heavy atom. The minimum Gasteiger partial charge on any atom is -0.491 e. The standard InChI is InChI=1S/C13H12BrNOS/c14-10-5-6-17-13(10)7-15-11-8-16-12-4-2-1-3-9(11)12/h1-6,11,15H,7-8H2. The smallest absolute Gasteiger partial charge is 0.124 e. The fourth-order valence-corrected chi connectivity index (χ4v) is 3.44. The molecule has 4 heteroatoms. The number of fused-ring (bicyclic) bond motifs is 1. The molecule has 1 aliphatic rings. The second-order valence-electron chi connectivity index (χ2n) is 3.97. The average molecular weight is 310 g/mol. The molecular formula is C13H12BrNOS. The zero-order valence-corrected chi connectivity index (χ0v) is 11.6. The third-order valence-electron chi connectivity index (χ3n) is 2.90. The predicted molar refractivity (Wildman–Crippen MR) is 73.5 cm³/mol. The Balaban J connectivity index is 1.70. The van der Waals surface area contributed by atoms with Crippen molar-refractivity contribution in [2.45, 2.75) is 12.6 Å². The van der Waals surface area contributed by atoms with Crippen LogP contribution in [0.3, 0.4) is 0 Å². The van der Waals surface area contributed by atoms with E-state index in [-0.39, 0.29) is 0 Å². The molecule has 0 saturated heterocycles.